The van der Waals surface area contributed by atoms with E-state index in [1.807, 2.05) is 24.3 Å². The number of hydrogen-bond acceptors (Lipinski definition) is 3. The quantitative estimate of drug-likeness (QED) is 0.834. The van der Waals surface area contributed by atoms with Crippen LogP contribution in [0.1, 0.15) is 57.1 Å². The molecule has 1 aromatic carbocycles. The fourth-order valence-electron chi connectivity index (χ4n) is 3.23. The van der Waals surface area contributed by atoms with Crippen LogP contribution in [0.25, 0.3) is 0 Å². The smallest absolute Gasteiger partial charge is 0.234 e. The van der Waals surface area contributed by atoms with Gasteiger partial charge >= 0.3 is 0 Å². The van der Waals surface area contributed by atoms with E-state index >= 15 is 0 Å². The highest BCUT2D eigenvalue weighted by Crippen LogP contribution is 2.22. The lowest BCUT2D eigenvalue weighted by Crippen LogP contribution is -2.41. The van der Waals surface area contributed by atoms with E-state index in [4.69, 9.17) is 5.26 Å². The minimum Gasteiger partial charge on any atom is -0.355 e. The third-order valence-corrected chi connectivity index (χ3v) is 4.86. The summed E-state index contributed by atoms with van der Waals surface area (Å²) in [4.78, 5) is 14.5. The lowest BCUT2D eigenvalue weighted by molar-refractivity contribution is -0.123. The van der Waals surface area contributed by atoms with Crippen LogP contribution in [0, 0.1) is 17.2 Å². The normalized spacial score (nSPS) is 15.5. The fraction of sp³-hybridized carbons (Fsp3) is 0.600. The van der Waals surface area contributed by atoms with E-state index in [2.05, 4.69) is 30.1 Å². The largest absolute Gasteiger partial charge is 0.355 e. The van der Waals surface area contributed by atoms with Crippen LogP contribution in [0.4, 0.5) is 0 Å². The third kappa shape index (κ3) is 5.98. The highest BCUT2D eigenvalue weighted by Gasteiger charge is 2.17. The van der Waals surface area contributed by atoms with Crippen molar-refractivity contribution < 1.29 is 4.79 Å². The molecule has 0 atom stereocenters. The predicted molar refractivity (Wildman–Crippen MR) is 96.3 cm³/mol. The van der Waals surface area contributed by atoms with Crippen molar-refractivity contribution in [2.45, 2.75) is 58.5 Å². The van der Waals surface area contributed by atoms with Crippen molar-refractivity contribution in [2.24, 2.45) is 5.92 Å². The summed E-state index contributed by atoms with van der Waals surface area (Å²) in [5.41, 5.74) is 1.79. The molecule has 0 unspecified atom stereocenters. The molecule has 0 heterocycles. The Hall–Kier alpha value is -1.86. The van der Waals surface area contributed by atoms with Gasteiger partial charge in [-0.3, -0.25) is 9.69 Å². The zero-order valence-corrected chi connectivity index (χ0v) is 14.9. The molecule has 0 bridgehead atoms. The number of nitriles is 1. The Morgan fingerprint density at radius 3 is 2.50 bits per heavy atom. The topological polar surface area (TPSA) is 56.1 Å². The monoisotopic (exact) mass is 327 g/mol. The molecule has 24 heavy (non-hydrogen) atoms. The van der Waals surface area contributed by atoms with Crippen molar-refractivity contribution >= 4 is 5.91 Å². The minimum atomic E-state index is 0.114. The Kier molecular flexibility index (Phi) is 7.27. The molecule has 0 radical (unpaired) electrons. The van der Waals surface area contributed by atoms with Crippen LogP contribution in [-0.4, -0.2) is 29.9 Å². The Morgan fingerprint density at radius 1 is 1.25 bits per heavy atom. The summed E-state index contributed by atoms with van der Waals surface area (Å²) in [6, 6.07) is 10.0. The number of carbonyl (C=O) groups is 1. The summed E-state index contributed by atoms with van der Waals surface area (Å²) >= 11 is 0. The molecule has 1 aliphatic carbocycles. The van der Waals surface area contributed by atoms with Gasteiger partial charge in [0.2, 0.25) is 5.91 Å². The fourth-order valence-corrected chi connectivity index (χ4v) is 3.23. The molecule has 0 aliphatic heterocycles. The zero-order valence-electron chi connectivity index (χ0n) is 14.9. The number of amides is 1. The Bertz CT molecular complexity index is 553. The first-order valence-electron chi connectivity index (χ1n) is 9.08. The number of nitrogens with zero attached hydrogens (tertiary/aromatic N) is 2. The maximum absolute atomic E-state index is 12.3. The molecule has 0 spiro atoms. The van der Waals surface area contributed by atoms with Gasteiger partial charge in [-0.1, -0.05) is 31.4 Å². The lowest BCUT2D eigenvalue weighted by Gasteiger charge is -2.27. The highest BCUT2D eigenvalue weighted by molar-refractivity contribution is 5.78. The summed E-state index contributed by atoms with van der Waals surface area (Å²) in [5.74, 6) is 0.775. The van der Waals surface area contributed by atoms with Gasteiger partial charge in [-0.15, -0.1) is 0 Å². The first-order chi connectivity index (χ1) is 11.6. The van der Waals surface area contributed by atoms with Gasteiger partial charge in [-0.25, -0.2) is 0 Å². The average Bonchev–Trinajstić information content (AvgIpc) is 2.61. The summed E-state index contributed by atoms with van der Waals surface area (Å²) in [7, 11) is 0. The molecule has 1 amide bonds. The van der Waals surface area contributed by atoms with E-state index in [1.54, 1.807) is 0 Å². The first kappa shape index (κ1) is 18.5. The summed E-state index contributed by atoms with van der Waals surface area (Å²) in [6.07, 6.45) is 6.45. The second-order valence-electron chi connectivity index (χ2n) is 7.12. The second-order valence-corrected chi connectivity index (χ2v) is 7.12. The molecule has 4 heteroatoms. The van der Waals surface area contributed by atoms with Crippen LogP contribution < -0.4 is 5.32 Å². The SMILES string of the molecule is CC(C)N(CC(=O)NCC1CCCCC1)Cc1ccc(C#N)cc1. The number of nitrogens with one attached hydrogen (secondary N) is 1. The first-order valence-corrected chi connectivity index (χ1v) is 9.08. The number of rotatable bonds is 7. The molecule has 0 saturated heterocycles. The third-order valence-electron chi connectivity index (χ3n) is 4.86. The molecule has 4 nitrogen and oxygen atoms in total. The molecule has 130 valence electrons. The van der Waals surface area contributed by atoms with E-state index in [1.165, 1.54) is 32.1 Å². The minimum absolute atomic E-state index is 0.114. The Morgan fingerprint density at radius 2 is 1.92 bits per heavy atom. The molecular formula is C20H29N3O. The van der Waals surface area contributed by atoms with E-state index in [0.29, 0.717) is 24.1 Å². The molecule has 1 aliphatic rings. The van der Waals surface area contributed by atoms with Crippen LogP contribution in [0.15, 0.2) is 24.3 Å². The van der Waals surface area contributed by atoms with Gasteiger partial charge in [0.15, 0.2) is 0 Å². The molecule has 2 rings (SSSR count). The van der Waals surface area contributed by atoms with E-state index in [0.717, 1.165) is 18.7 Å². The van der Waals surface area contributed by atoms with Crippen molar-refractivity contribution in [1.82, 2.24) is 10.2 Å². The number of hydrogen-bond donors (Lipinski definition) is 1. The Labute approximate surface area is 145 Å². The summed E-state index contributed by atoms with van der Waals surface area (Å²) in [6.45, 7) is 6.18. The van der Waals surface area contributed by atoms with Crippen molar-refractivity contribution in [2.75, 3.05) is 13.1 Å². The van der Waals surface area contributed by atoms with Crippen LogP contribution >= 0.6 is 0 Å². The van der Waals surface area contributed by atoms with Crippen molar-refractivity contribution in [3.8, 4) is 6.07 Å². The molecule has 1 fully saturated rings. The Balaban J connectivity index is 1.83. The summed E-state index contributed by atoms with van der Waals surface area (Å²) in [5, 5.41) is 12.0. The van der Waals surface area contributed by atoms with Crippen molar-refractivity contribution in [3.05, 3.63) is 35.4 Å². The van der Waals surface area contributed by atoms with Gasteiger partial charge in [0.05, 0.1) is 18.2 Å². The molecular weight excluding hydrogens is 298 g/mol. The van der Waals surface area contributed by atoms with Gasteiger partial charge in [0, 0.05) is 19.1 Å². The van der Waals surface area contributed by atoms with Crippen molar-refractivity contribution in [3.63, 3.8) is 0 Å². The number of benzene rings is 1. The summed E-state index contributed by atoms with van der Waals surface area (Å²) < 4.78 is 0. The predicted octanol–water partition coefficient (Wildman–Crippen LogP) is 3.47. The maximum Gasteiger partial charge on any atom is 0.234 e. The van der Waals surface area contributed by atoms with Gasteiger partial charge < -0.3 is 5.32 Å². The van der Waals surface area contributed by atoms with Crippen LogP contribution in [-0.2, 0) is 11.3 Å². The molecule has 0 aromatic heterocycles. The maximum atomic E-state index is 12.3. The lowest BCUT2D eigenvalue weighted by atomic mass is 9.89. The average molecular weight is 327 g/mol. The zero-order chi connectivity index (χ0) is 17.4. The van der Waals surface area contributed by atoms with Crippen molar-refractivity contribution in [1.29, 1.82) is 5.26 Å². The van der Waals surface area contributed by atoms with E-state index in [-0.39, 0.29) is 5.91 Å². The van der Waals surface area contributed by atoms with Gasteiger partial charge in [0.25, 0.3) is 0 Å². The standard InChI is InChI=1S/C20H29N3O/c1-16(2)23(14-19-10-8-17(12-21)9-11-19)15-20(24)22-13-18-6-4-3-5-7-18/h8-11,16,18H,3-7,13-15H2,1-2H3,(H,22,24). The van der Waals surface area contributed by atoms with E-state index < -0.39 is 0 Å². The molecule has 1 N–H and O–H groups in total. The van der Waals surface area contributed by atoms with Gasteiger partial charge in [-0.05, 0) is 50.3 Å². The molecule has 1 aromatic rings. The van der Waals surface area contributed by atoms with Crippen LogP contribution in [0.2, 0.25) is 0 Å². The van der Waals surface area contributed by atoms with Crippen LogP contribution in [0.3, 0.4) is 0 Å². The second kappa shape index (κ2) is 9.44. The number of carbonyl (C=O) groups excluding carboxylic acids is 1. The van der Waals surface area contributed by atoms with Gasteiger partial charge in [0.1, 0.15) is 0 Å². The highest BCUT2D eigenvalue weighted by atomic mass is 16.2. The molecule has 1 saturated carbocycles. The van der Waals surface area contributed by atoms with E-state index in [9.17, 15) is 4.79 Å². The van der Waals surface area contributed by atoms with Gasteiger partial charge in [-0.2, -0.15) is 5.26 Å². The van der Waals surface area contributed by atoms with Crippen LogP contribution in [0.5, 0.6) is 0 Å².